The molecule has 196 valence electrons. The van der Waals surface area contributed by atoms with Gasteiger partial charge in [-0.1, -0.05) is 0 Å². The number of carbonyl (C=O) groups is 2. The van der Waals surface area contributed by atoms with Crippen LogP contribution in [0.4, 0.5) is 34.1 Å². The second kappa shape index (κ2) is 9.00. The van der Waals surface area contributed by atoms with E-state index in [0.717, 1.165) is 11.0 Å². The minimum absolute atomic E-state index is 0.0701. The third-order valence-electron chi connectivity index (χ3n) is 6.30. The number of hydrogen-bond donors (Lipinski definition) is 0. The number of aromatic nitrogens is 2. The molecule has 13 heteroatoms. The number of hydrogen-bond acceptors (Lipinski definition) is 6. The van der Waals surface area contributed by atoms with E-state index in [4.69, 9.17) is 4.74 Å². The fourth-order valence-corrected chi connectivity index (χ4v) is 5.13. The summed E-state index contributed by atoms with van der Waals surface area (Å²) in [5, 5.41) is -0.131. The smallest absolute Gasteiger partial charge is 0.417 e. The van der Waals surface area contributed by atoms with Crippen molar-refractivity contribution in [3.63, 3.8) is 0 Å². The number of carbonyl (C=O) groups excluding carboxylic acids is 2. The quantitative estimate of drug-likeness (QED) is 0.462. The largest absolute Gasteiger partial charge is 0.444 e. The first-order valence-corrected chi connectivity index (χ1v) is 12.1. The highest BCUT2D eigenvalue weighted by Crippen LogP contribution is 2.42. The highest BCUT2D eigenvalue weighted by Gasteiger charge is 2.45. The Morgan fingerprint density at radius 1 is 1.14 bits per heavy atom. The van der Waals surface area contributed by atoms with Gasteiger partial charge in [-0.25, -0.2) is 14.2 Å². The van der Waals surface area contributed by atoms with E-state index in [0.29, 0.717) is 12.8 Å². The van der Waals surface area contributed by atoms with Crippen molar-refractivity contribution in [2.45, 2.75) is 64.4 Å². The first-order chi connectivity index (χ1) is 16.6. The number of piperazine rings is 1. The summed E-state index contributed by atoms with van der Waals surface area (Å²) in [5.41, 5.74) is -2.22. The van der Waals surface area contributed by atoms with Crippen molar-refractivity contribution in [1.82, 2.24) is 14.9 Å². The first kappa shape index (κ1) is 26.4. The molecule has 2 aliphatic heterocycles. The molecule has 8 nitrogen and oxygen atoms in total. The standard InChI is InChI=1S/C23H26BrF4N5O3/c1-11(34)31(5)20-29-18-14(8-15(23(26,27)28)16(24)17(18)25)19(30-20)32-9-12-6-7-13(10-32)33(12)21(35)36-22(2,3)4/h8,12-13H,6-7,9-10H2,1-5H3. The van der Waals surface area contributed by atoms with Crippen LogP contribution in [0.3, 0.4) is 0 Å². The molecule has 0 radical (unpaired) electrons. The van der Waals surface area contributed by atoms with Crippen LogP contribution in [-0.2, 0) is 15.7 Å². The Bertz CT molecular complexity index is 1220. The fourth-order valence-electron chi connectivity index (χ4n) is 4.60. The number of amides is 2. The van der Waals surface area contributed by atoms with Gasteiger partial charge < -0.3 is 9.64 Å². The molecule has 0 N–H and O–H groups in total. The molecule has 0 spiro atoms. The zero-order valence-corrected chi connectivity index (χ0v) is 22.0. The summed E-state index contributed by atoms with van der Waals surface area (Å²) in [5.74, 6) is -1.70. The molecule has 2 amide bonds. The summed E-state index contributed by atoms with van der Waals surface area (Å²) in [6.07, 6.45) is -3.92. The second-order valence-electron chi connectivity index (χ2n) is 10.0. The lowest BCUT2D eigenvalue weighted by molar-refractivity contribution is -0.138. The molecule has 0 aliphatic carbocycles. The summed E-state index contributed by atoms with van der Waals surface area (Å²) >= 11 is 2.72. The Hall–Kier alpha value is -2.70. The van der Waals surface area contributed by atoms with Gasteiger partial charge in [-0.05, 0) is 55.6 Å². The zero-order chi connectivity index (χ0) is 26.7. The van der Waals surface area contributed by atoms with Crippen LogP contribution in [0.1, 0.15) is 46.1 Å². The molecular weight excluding hydrogens is 550 g/mol. The number of nitrogens with zero attached hydrogens (tertiary/aromatic N) is 5. The van der Waals surface area contributed by atoms with Gasteiger partial charge in [0.2, 0.25) is 11.9 Å². The highest BCUT2D eigenvalue weighted by atomic mass is 79.9. The molecule has 0 saturated carbocycles. The van der Waals surface area contributed by atoms with E-state index in [1.165, 1.54) is 14.0 Å². The molecule has 3 heterocycles. The molecule has 2 aromatic rings. The van der Waals surface area contributed by atoms with Gasteiger partial charge in [0.05, 0.1) is 22.1 Å². The minimum Gasteiger partial charge on any atom is -0.444 e. The average molecular weight is 576 g/mol. The van der Waals surface area contributed by atoms with Crippen LogP contribution >= 0.6 is 15.9 Å². The number of rotatable bonds is 2. The maximum absolute atomic E-state index is 15.2. The first-order valence-electron chi connectivity index (χ1n) is 11.4. The van der Waals surface area contributed by atoms with Gasteiger partial charge in [0.15, 0.2) is 5.82 Å². The fraction of sp³-hybridized carbons (Fsp3) is 0.565. The van der Waals surface area contributed by atoms with E-state index < -0.39 is 39.6 Å². The van der Waals surface area contributed by atoms with Crippen LogP contribution in [0.15, 0.2) is 10.5 Å². The van der Waals surface area contributed by atoms with Gasteiger partial charge in [-0.3, -0.25) is 14.6 Å². The number of fused-ring (bicyclic) bond motifs is 3. The zero-order valence-electron chi connectivity index (χ0n) is 20.4. The van der Waals surface area contributed by atoms with Crippen LogP contribution in [0, 0.1) is 5.82 Å². The van der Waals surface area contributed by atoms with E-state index in [2.05, 4.69) is 25.9 Å². The maximum Gasteiger partial charge on any atom is 0.417 e. The topological polar surface area (TPSA) is 78.9 Å². The molecule has 2 atom stereocenters. The maximum atomic E-state index is 15.2. The lowest BCUT2D eigenvalue weighted by Crippen LogP contribution is -2.57. The van der Waals surface area contributed by atoms with E-state index in [1.54, 1.807) is 30.6 Å². The van der Waals surface area contributed by atoms with Gasteiger partial charge in [-0.15, -0.1) is 0 Å². The highest BCUT2D eigenvalue weighted by molar-refractivity contribution is 9.10. The summed E-state index contributed by atoms with van der Waals surface area (Å²) in [4.78, 5) is 37.8. The van der Waals surface area contributed by atoms with Crippen molar-refractivity contribution in [3.8, 4) is 0 Å². The van der Waals surface area contributed by atoms with Crippen LogP contribution in [0.25, 0.3) is 10.9 Å². The molecule has 4 rings (SSSR count). The third-order valence-corrected chi connectivity index (χ3v) is 7.08. The predicted octanol–water partition coefficient (Wildman–Crippen LogP) is 5.12. The van der Waals surface area contributed by atoms with E-state index >= 15 is 4.39 Å². The minimum atomic E-state index is -4.82. The molecule has 1 aromatic heterocycles. The SMILES string of the molecule is CC(=O)N(C)c1nc(N2CC3CCC(C2)N3C(=O)OC(C)(C)C)c2cc(C(F)(F)F)c(Br)c(F)c2n1. The lowest BCUT2D eigenvalue weighted by atomic mass is 10.1. The monoisotopic (exact) mass is 575 g/mol. The molecule has 36 heavy (non-hydrogen) atoms. The third kappa shape index (κ3) is 4.81. The van der Waals surface area contributed by atoms with E-state index in [9.17, 15) is 22.8 Å². The Kier molecular flexibility index (Phi) is 6.59. The van der Waals surface area contributed by atoms with Gasteiger partial charge in [0.25, 0.3) is 0 Å². The molecule has 2 fully saturated rings. The van der Waals surface area contributed by atoms with E-state index in [1.807, 2.05) is 0 Å². The number of halogens is 5. The molecule has 2 bridgehead atoms. The molecule has 1 aromatic carbocycles. The number of anilines is 2. The number of benzene rings is 1. The van der Waals surface area contributed by atoms with Crippen LogP contribution in [0.2, 0.25) is 0 Å². The lowest BCUT2D eigenvalue weighted by Gasteiger charge is -2.42. The molecular formula is C23H26BrF4N5O3. The van der Waals surface area contributed by atoms with Crippen molar-refractivity contribution >= 4 is 50.6 Å². The Balaban J connectivity index is 1.82. The van der Waals surface area contributed by atoms with Crippen LogP contribution < -0.4 is 9.80 Å². The summed E-state index contributed by atoms with van der Waals surface area (Å²) in [6.45, 7) is 7.09. The summed E-state index contributed by atoms with van der Waals surface area (Å²) < 4.78 is 61.1. The summed E-state index contributed by atoms with van der Waals surface area (Å²) in [6, 6.07) is 0.289. The van der Waals surface area contributed by atoms with Crippen molar-refractivity contribution in [3.05, 3.63) is 21.9 Å². The number of alkyl halides is 3. The van der Waals surface area contributed by atoms with Gasteiger partial charge in [0.1, 0.15) is 16.9 Å². The molecule has 2 saturated heterocycles. The van der Waals surface area contributed by atoms with E-state index in [-0.39, 0.29) is 47.8 Å². The van der Waals surface area contributed by atoms with Crippen molar-refractivity contribution < 1.29 is 31.9 Å². The summed E-state index contributed by atoms with van der Waals surface area (Å²) in [7, 11) is 1.40. The average Bonchev–Trinajstić information content (AvgIpc) is 3.02. The van der Waals surface area contributed by atoms with Crippen molar-refractivity contribution in [1.29, 1.82) is 0 Å². The Labute approximate surface area is 213 Å². The van der Waals surface area contributed by atoms with Gasteiger partial charge in [-0.2, -0.15) is 18.2 Å². The predicted molar refractivity (Wildman–Crippen MR) is 128 cm³/mol. The van der Waals surface area contributed by atoms with Gasteiger partial charge in [0, 0.05) is 32.4 Å². The Morgan fingerprint density at radius 3 is 2.22 bits per heavy atom. The molecule has 2 unspecified atom stereocenters. The molecule has 2 aliphatic rings. The van der Waals surface area contributed by atoms with Crippen LogP contribution in [0.5, 0.6) is 0 Å². The Morgan fingerprint density at radius 2 is 1.72 bits per heavy atom. The van der Waals surface area contributed by atoms with Crippen molar-refractivity contribution in [2.24, 2.45) is 0 Å². The van der Waals surface area contributed by atoms with Crippen LogP contribution in [-0.4, -0.2) is 64.7 Å². The van der Waals surface area contributed by atoms with Gasteiger partial charge >= 0.3 is 12.3 Å². The number of ether oxygens (including phenoxy) is 1. The van der Waals surface area contributed by atoms with Crippen molar-refractivity contribution in [2.75, 3.05) is 29.9 Å². The normalized spacial score (nSPS) is 20.2. The second-order valence-corrected chi connectivity index (χ2v) is 10.8.